The van der Waals surface area contributed by atoms with E-state index in [4.69, 9.17) is 0 Å². The highest BCUT2D eigenvalue weighted by Crippen LogP contribution is 2.18. The van der Waals surface area contributed by atoms with E-state index in [9.17, 15) is 4.39 Å². The molecule has 2 N–H and O–H groups in total. The number of fused-ring (bicyclic) bond motifs is 1. The Morgan fingerprint density at radius 3 is 3.06 bits per heavy atom. The van der Waals surface area contributed by atoms with Crippen LogP contribution in [-0.2, 0) is 0 Å². The number of nitrogens with one attached hydrogen (secondary N) is 2. The molecular formula is C10H12FN5. The minimum Gasteiger partial charge on any atom is -0.342 e. The van der Waals surface area contributed by atoms with Crippen molar-refractivity contribution in [1.82, 2.24) is 19.9 Å². The fourth-order valence-electron chi connectivity index (χ4n) is 1.41. The van der Waals surface area contributed by atoms with Crippen LogP contribution in [0.25, 0.3) is 11.2 Å². The molecule has 0 radical (unpaired) electrons. The number of hydrogen-bond donors (Lipinski definition) is 2. The topological polar surface area (TPSA) is 66.5 Å². The number of anilines is 1. The standard InChI is InChI=1S/C10H12FN5/c1-3-6(4-2)14-8-7-9(13-5-12-8)16-10(11)15-7/h3,5H,4H2,1-2H3,(H2,12,13,14,15,16)/b6-3-. The second kappa shape index (κ2) is 4.26. The maximum Gasteiger partial charge on any atom is 0.289 e. The molecular weight excluding hydrogens is 209 g/mol. The molecule has 0 saturated heterocycles. The van der Waals surface area contributed by atoms with Crippen molar-refractivity contribution in [3.8, 4) is 0 Å². The van der Waals surface area contributed by atoms with Gasteiger partial charge >= 0.3 is 0 Å². The summed E-state index contributed by atoms with van der Waals surface area (Å²) in [7, 11) is 0. The van der Waals surface area contributed by atoms with Gasteiger partial charge in [-0.25, -0.2) is 9.97 Å². The molecule has 0 atom stereocenters. The first kappa shape index (κ1) is 10.5. The summed E-state index contributed by atoms with van der Waals surface area (Å²) >= 11 is 0. The molecule has 0 aliphatic carbocycles. The van der Waals surface area contributed by atoms with Crippen molar-refractivity contribution >= 4 is 17.0 Å². The van der Waals surface area contributed by atoms with Gasteiger partial charge in [-0.3, -0.25) is 0 Å². The van der Waals surface area contributed by atoms with Gasteiger partial charge in [0.05, 0.1) is 0 Å². The lowest BCUT2D eigenvalue weighted by Crippen LogP contribution is -2.01. The van der Waals surface area contributed by atoms with Crippen LogP contribution >= 0.6 is 0 Å². The Morgan fingerprint density at radius 1 is 1.56 bits per heavy atom. The molecule has 0 amide bonds. The smallest absolute Gasteiger partial charge is 0.289 e. The zero-order valence-corrected chi connectivity index (χ0v) is 9.08. The zero-order valence-electron chi connectivity index (χ0n) is 9.08. The molecule has 6 heteroatoms. The third kappa shape index (κ3) is 1.86. The molecule has 0 aliphatic rings. The molecule has 0 aliphatic heterocycles. The maximum absolute atomic E-state index is 12.9. The molecule has 2 heterocycles. The van der Waals surface area contributed by atoms with Gasteiger partial charge in [-0.2, -0.15) is 9.37 Å². The Morgan fingerprint density at radius 2 is 2.38 bits per heavy atom. The van der Waals surface area contributed by atoms with Gasteiger partial charge < -0.3 is 10.3 Å². The summed E-state index contributed by atoms with van der Waals surface area (Å²) in [5.41, 5.74) is 1.81. The first-order valence-electron chi connectivity index (χ1n) is 5.03. The van der Waals surface area contributed by atoms with Crippen LogP contribution in [0, 0.1) is 6.08 Å². The van der Waals surface area contributed by atoms with E-state index in [1.54, 1.807) is 0 Å². The number of aromatic amines is 1. The lowest BCUT2D eigenvalue weighted by molar-refractivity contribution is 0.556. The third-order valence-electron chi connectivity index (χ3n) is 2.27. The van der Waals surface area contributed by atoms with Crippen molar-refractivity contribution in [2.45, 2.75) is 20.3 Å². The zero-order chi connectivity index (χ0) is 11.5. The van der Waals surface area contributed by atoms with E-state index >= 15 is 0 Å². The Kier molecular flexibility index (Phi) is 2.80. The summed E-state index contributed by atoms with van der Waals surface area (Å²) in [5, 5.41) is 3.11. The molecule has 2 rings (SSSR count). The van der Waals surface area contributed by atoms with Crippen LogP contribution in [0.15, 0.2) is 18.1 Å². The number of halogens is 1. The SMILES string of the molecule is C/C=C(/CC)Nc1ncnc2nc(F)[nH]c12. The van der Waals surface area contributed by atoms with Crippen LogP contribution in [0.1, 0.15) is 20.3 Å². The molecule has 0 spiro atoms. The van der Waals surface area contributed by atoms with Gasteiger partial charge in [-0.05, 0) is 13.3 Å². The Bertz CT molecular complexity index is 531. The maximum atomic E-state index is 12.9. The number of allylic oxidation sites excluding steroid dienone is 2. The first-order chi connectivity index (χ1) is 7.74. The lowest BCUT2D eigenvalue weighted by Gasteiger charge is -2.07. The van der Waals surface area contributed by atoms with Gasteiger partial charge in [-0.15, -0.1) is 0 Å². The highest BCUT2D eigenvalue weighted by Gasteiger charge is 2.09. The second-order valence-electron chi connectivity index (χ2n) is 3.24. The molecule has 0 aromatic carbocycles. The molecule has 0 bridgehead atoms. The fraction of sp³-hybridized carbons (Fsp3) is 0.300. The van der Waals surface area contributed by atoms with E-state index in [1.165, 1.54) is 6.33 Å². The molecule has 0 unspecified atom stereocenters. The van der Waals surface area contributed by atoms with E-state index in [-0.39, 0.29) is 0 Å². The Hall–Kier alpha value is -1.98. The predicted octanol–water partition coefficient (Wildman–Crippen LogP) is 2.22. The lowest BCUT2D eigenvalue weighted by atomic mass is 10.3. The van der Waals surface area contributed by atoms with Crippen molar-refractivity contribution in [3.05, 3.63) is 24.2 Å². The normalized spacial score (nSPS) is 12.1. The average Bonchev–Trinajstić information content (AvgIpc) is 2.67. The summed E-state index contributed by atoms with van der Waals surface area (Å²) in [6.07, 6.45) is 3.49. The predicted molar refractivity (Wildman–Crippen MR) is 59.3 cm³/mol. The second-order valence-corrected chi connectivity index (χ2v) is 3.24. The minimum absolute atomic E-state index is 0.321. The molecule has 5 nitrogen and oxygen atoms in total. The fourth-order valence-corrected chi connectivity index (χ4v) is 1.41. The van der Waals surface area contributed by atoms with Crippen molar-refractivity contribution in [3.63, 3.8) is 0 Å². The highest BCUT2D eigenvalue weighted by atomic mass is 19.1. The largest absolute Gasteiger partial charge is 0.342 e. The average molecular weight is 221 g/mol. The Balaban J connectivity index is 2.44. The number of aromatic nitrogens is 4. The van der Waals surface area contributed by atoms with Gasteiger partial charge in [-0.1, -0.05) is 13.0 Å². The van der Waals surface area contributed by atoms with Crippen LogP contribution in [0.4, 0.5) is 10.2 Å². The number of hydrogen-bond acceptors (Lipinski definition) is 4. The van der Waals surface area contributed by atoms with Gasteiger partial charge in [0.15, 0.2) is 11.5 Å². The van der Waals surface area contributed by atoms with E-state index < -0.39 is 6.08 Å². The van der Waals surface area contributed by atoms with Crippen molar-refractivity contribution in [2.75, 3.05) is 5.32 Å². The van der Waals surface area contributed by atoms with Gasteiger partial charge in [0.2, 0.25) is 0 Å². The van der Waals surface area contributed by atoms with E-state index in [0.717, 1.165) is 12.1 Å². The quantitative estimate of drug-likeness (QED) is 0.780. The van der Waals surface area contributed by atoms with Gasteiger partial charge in [0.1, 0.15) is 11.8 Å². The van der Waals surface area contributed by atoms with Crippen LogP contribution in [-0.4, -0.2) is 19.9 Å². The molecule has 16 heavy (non-hydrogen) atoms. The number of imidazole rings is 1. The molecule has 0 saturated carbocycles. The highest BCUT2D eigenvalue weighted by molar-refractivity contribution is 5.82. The summed E-state index contributed by atoms with van der Waals surface area (Å²) in [4.78, 5) is 14.0. The Labute approximate surface area is 91.8 Å². The summed E-state index contributed by atoms with van der Waals surface area (Å²) in [5.74, 6) is 0.538. The molecule has 2 aromatic rings. The summed E-state index contributed by atoms with van der Waals surface area (Å²) in [6, 6.07) is 0. The van der Waals surface area contributed by atoms with Crippen LogP contribution in [0.3, 0.4) is 0 Å². The molecule has 0 fully saturated rings. The van der Waals surface area contributed by atoms with Crippen LogP contribution < -0.4 is 5.32 Å². The van der Waals surface area contributed by atoms with Crippen molar-refractivity contribution in [2.24, 2.45) is 0 Å². The molecule has 84 valence electrons. The van der Waals surface area contributed by atoms with Crippen molar-refractivity contribution < 1.29 is 4.39 Å². The van der Waals surface area contributed by atoms with Crippen LogP contribution in [0.5, 0.6) is 0 Å². The third-order valence-corrected chi connectivity index (χ3v) is 2.27. The van der Waals surface area contributed by atoms with E-state index in [2.05, 4.69) is 25.3 Å². The summed E-state index contributed by atoms with van der Waals surface area (Å²) < 4.78 is 12.9. The summed E-state index contributed by atoms with van der Waals surface area (Å²) in [6.45, 7) is 3.95. The van der Waals surface area contributed by atoms with E-state index in [0.29, 0.717) is 17.0 Å². The van der Waals surface area contributed by atoms with Crippen molar-refractivity contribution in [1.29, 1.82) is 0 Å². The van der Waals surface area contributed by atoms with E-state index in [1.807, 2.05) is 19.9 Å². The monoisotopic (exact) mass is 221 g/mol. The first-order valence-corrected chi connectivity index (χ1v) is 5.03. The minimum atomic E-state index is -0.655. The number of nitrogens with zero attached hydrogens (tertiary/aromatic N) is 3. The number of H-pyrrole nitrogens is 1. The van der Waals surface area contributed by atoms with Gasteiger partial charge in [0.25, 0.3) is 6.08 Å². The van der Waals surface area contributed by atoms with Gasteiger partial charge in [0, 0.05) is 5.70 Å². The van der Waals surface area contributed by atoms with Crippen LogP contribution in [0.2, 0.25) is 0 Å². The number of rotatable bonds is 3. The molecule has 2 aromatic heterocycles.